The molecule has 0 bridgehead atoms. The highest BCUT2D eigenvalue weighted by Gasteiger charge is 2.15. The van der Waals surface area contributed by atoms with Gasteiger partial charge < -0.3 is 10.6 Å². The third-order valence-electron chi connectivity index (χ3n) is 4.45. The molecule has 1 fully saturated rings. The summed E-state index contributed by atoms with van der Waals surface area (Å²) in [6.45, 7) is 6.61. The van der Waals surface area contributed by atoms with Crippen LogP contribution in [0.2, 0.25) is 0 Å². The molecule has 2 aromatic rings. The van der Waals surface area contributed by atoms with E-state index in [2.05, 4.69) is 20.7 Å². The number of anilines is 1. The highest BCUT2D eigenvalue weighted by atomic mass is 35.5. The van der Waals surface area contributed by atoms with Gasteiger partial charge in [-0.25, -0.2) is 9.67 Å². The Morgan fingerprint density at radius 1 is 1.35 bits per heavy atom. The molecule has 1 unspecified atom stereocenters. The zero-order valence-corrected chi connectivity index (χ0v) is 16.8. The zero-order chi connectivity index (χ0) is 16.9. The van der Waals surface area contributed by atoms with Crippen molar-refractivity contribution in [3.05, 3.63) is 41.5 Å². The van der Waals surface area contributed by atoms with Crippen LogP contribution in [0, 0.1) is 19.8 Å². The molecule has 6 nitrogen and oxygen atoms in total. The van der Waals surface area contributed by atoms with Crippen molar-refractivity contribution < 1.29 is 4.79 Å². The van der Waals surface area contributed by atoms with E-state index in [0.717, 1.165) is 42.4 Å². The van der Waals surface area contributed by atoms with Gasteiger partial charge in [-0.2, -0.15) is 5.10 Å². The third kappa shape index (κ3) is 6.27. The van der Waals surface area contributed by atoms with E-state index in [4.69, 9.17) is 0 Å². The van der Waals surface area contributed by atoms with Crippen LogP contribution < -0.4 is 10.6 Å². The van der Waals surface area contributed by atoms with Crippen LogP contribution in [0.1, 0.15) is 36.5 Å². The molecule has 144 valence electrons. The molecule has 0 saturated carbocycles. The summed E-state index contributed by atoms with van der Waals surface area (Å²) in [5, 5.41) is 10.7. The van der Waals surface area contributed by atoms with Crippen LogP contribution in [0.3, 0.4) is 0 Å². The lowest BCUT2D eigenvalue weighted by molar-refractivity contribution is -0.116. The van der Waals surface area contributed by atoms with Gasteiger partial charge in [0, 0.05) is 12.1 Å². The zero-order valence-electron chi connectivity index (χ0n) is 15.2. The number of hydrogen-bond donors (Lipinski definition) is 2. The summed E-state index contributed by atoms with van der Waals surface area (Å²) in [4.78, 5) is 16.5. The smallest absolute Gasteiger partial charge is 0.224 e. The van der Waals surface area contributed by atoms with Crippen LogP contribution in [0.25, 0.3) is 0 Å². The van der Waals surface area contributed by atoms with Crippen molar-refractivity contribution >= 4 is 36.4 Å². The van der Waals surface area contributed by atoms with Crippen LogP contribution in [0.5, 0.6) is 0 Å². The highest BCUT2D eigenvalue weighted by Crippen LogP contribution is 2.16. The number of hydrogen-bond acceptors (Lipinski definition) is 4. The van der Waals surface area contributed by atoms with Crippen LogP contribution in [-0.2, 0) is 11.3 Å². The number of carbonyl (C=O) groups is 1. The maximum atomic E-state index is 12.1. The maximum Gasteiger partial charge on any atom is 0.224 e. The Bertz CT molecular complexity index is 713. The molecule has 0 spiro atoms. The number of aryl methyl sites for hydroxylation is 2. The predicted molar refractivity (Wildman–Crippen MR) is 108 cm³/mol. The lowest BCUT2D eigenvalue weighted by atomic mass is 10.0. The molecule has 0 radical (unpaired) electrons. The first-order chi connectivity index (χ1) is 11.6. The van der Waals surface area contributed by atoms with Crippen molar-refractivity contribution in [3.63, 3.8) is 0 Å². The highest BCUT2D eigenvalue weighted by molar-refractivity contribution is 5.90. The molecule has 26 heavy (non-hydrogen) atoms. The van der Waals surface area contributed by atoms with Crippen LogP contribution >= 0.6 is 24.8 Å². The summed E-state index contributed by atoms with van der Waals surface area (Å²) in [6, 6.07) is 7.94. The number of carbonyl (C=O) groups excluding carboxylic acids is 1. The molecule has 2 heterocycles. The Balaban J connectivity index is 0.00000169. The van der Waals surface area contributed by atoms with E-state index in [9.17, 15) is 4.79 Å². The average molecular weight is 400 g/mol. The number of amides is 1. The monoisotopic (exact) mass is 399 g/mol. The van der Waals surface area contributed by atoms with Crippen LogP contribution in [0.15, 0.2) is 24.3 Å². The summed E-state index contributed by atoms with van der Waals surface area (Å²) >= 11 is 0. The number of rotatable bonds is 6. The Hall–Kier alpha value is -1.63. The molecule has 1 atom stereocenters. The summed E-state index contributed by atoms with van der Waals surface area (Å²) in [7, 11) is 0. The van der Waals surface area contributed by atoms with E-state index in [-0.39, 0.29) is 30.7 Å². The Kier molecular flexibility index (Phi) is 9.05. The largest absolute Gasteiger partial charge is 0.326 e. The summed E-state index contributed by atoms with van der Waals surface area (Å²) in [6.07, 6.45) is 2.72. The van der Waals surface area contributed by atoms with E-state index in [0.29, 0.717) is 18.9 Å². The molecule has 1 aromatic carbocycles. The quantitative estimate of drug-likeness (QED) is 0.782. The minimum atomic E-state index is 0. The molecular formula is C18H27Cl2N5O. The fourth-order valence-corrected chi connectivity index (χ4v) is 3.15. The first-order valence-corrected chi connectivity index (χ1v) is 8.58. The first kappa shape index (κ1) is 22.4. The molecule has 8 heteroatoms. The SMILES string of the molecule is Cc1nc(C)n(Cc2cccc(NC(=O)CCC3CCNC3)c2)n1.Cl.Cl. The lowest BCUT2D eigenvalue weighted by Crippen LogP contribution is -2.15. The fraction of sp³-hybridized carbons (Fsp3) is 0.500. The predicted octanol–water partition coefficient (Wildman–Crippen LogP) is 3.12. The van der Waals surface area contributed by atoms with Gasteiger partial charge in [-0.1, -0.05) is 12.1 Å². The van der Waals surface area contributed by atoms with E-state index in [1.54, 1.807) is 0 Å². The Morgan fingerprint density at radius 3 is 2.81 bits per heavy atom. The van der Waals surface area contributed by atoms with Crippen LogP contribution in [-0.4, -0.2) is 33.8 Å². The van der Waals surface area contributed by atoms with E-state index in [1.165, 1.54) is 6.42 Å². The van der Waals surface area contributed by atoms with Crippen molar-refractivity contribution in [1.82, 2.24) is 20.1 Å². The van der Waals surface area contributed by atoms with Gasteiger partial charge in [-0.3, -0.25) is 4.79 Å². The number of aromatic nitrogens is 3. The van der Waals surface area contributed by atoms with Crippen molar-refractivity contribution in [1.29, 1.82) is 0 Å². The van der Waals surface area contributed by atoms with Gasteiger partial charge in [-0.05, 0) is 63.4 Å². The standard InChI is InChI=1S/C18H25N5O.2ClH/c1-13-20-14(2)23(22-13)12-16-4-3-5-17(10-16)21-18(24)7-6-15-8-9-19-11-15;;/h3-5,10,15,19H,6-9,11-12H2,1-2H3,(H,21,24);2*1H. The number of halogens is 2. The van der Waals surface area contributed by atoms with Gasteiger partial charge in [0.2, 0.25) is 5.91 Å². The Morgan fingerprint density at radius 2 is 2.15 bits per heavy atom. The molecule has 1 saturated heterocycles. The molecule has 1 aliphatic rings. The molecule has 0 aliphatic carbocycles. The molecular weight excluding hydrogens is 373 g/mol. The van der Waals surface area contributed by atoms with Gasteiger partial charge in [0.15, 0.2) is 0 Å². The average Bonchev–Trinajstić information content (AvgIpc) is 3.16. The van der Waals surface area contributed by atoms with Crippen molar-refractivity contribution in [3.8, 4) is 0 Å². The molecule has 1 aliphatic heterocycles. The van der Waals surface area contributed by atoms with Gasteiger partial charge in [0.1, 0.15) is 11.6 Å². The summed E-state index contributed by atoms with van der Waals surface area (Å²) < 4.78 is 1.88. The topological polar surface area (TPSA) is 71.8 Å². The number of nitrogens with zero attached hydrogens (tertiary/aromatic N) is 3. The van der Waals surface area contributed by atoms with E-state index < -0.39 is 0 Å². The number of benzene rings is 1. The molecule has 2 N–H and O–H groups in total. The van der Waals surface area contributed by atoms with E-state index >= 15 is 0 Å². The summed E-state index contributed by atoms with van der Waals surface area (Å²) in [5.74, 6) is 2.40. The van der Waals surface area contributed by atoms with Gasteiger partial charge in [0.05, 0.1) is 6.54 Å². The molecule has 1 amide bonds. The normalized spacial score (nSPS) is 15.8. The van der Waals surface area contributed by atoms with Crippen molar-refractivity contribution in [2.75, 3.05) is 18.4 Å². The second-order valence-electron chi connectivity index (χ2n) is 6.51. The van der Waals surface area contributed by atoms with Crippen molar-refractivity contribution in [2.45, 2.75) is 39.7 Å². The van der Waals surface area contributed by atoms with Gasteiger partial charge >= 0.3 is 0 Å². The summed E-state index contributed by atoms with van der Waals surface area (Å²) in [5.41, 5.74) is 1.94. The van der Waals surface area contributed by atoms with Gasteiger partial charge in [-0.15, -0.1) is 24.8 Å². The van der Waals surface area contributed by atoms with E-state index in [1.807, 2.05) is 42.8 Å². The number of nitrogens with one attached hydrogen (secondary N) is 2. The fourth-order valence-electron chi connectivity index (χ4n) is 3.15. The lowest BCUT2D eigenvalue weighted by Gasteiger charge is -2.10. The van der Waals surface area contributed by atoms with Gasteiger partial charge in [0.25, 0.3) is 0 Å². The second-order valence-corrected chi connectivity index (χ2v) is 6.51. The van der Waals surface area contributed by atoms with Crippen LogP contribution in [0.4, 0.5) is 5.69 Å². The van der Waals surface area contributed by atoms with Crippen molar-refractivity contribution in [2.24, 2.45) is 5.92 Å². The minimum Gasteiger partial charge on any atom is -0.326 e. The third-order valence-corrected chi connectivity index (χ3v) is 4.45. The molecule has 3 rings (SSSR count). The molecule has 1 aromatic heterocycles. The second kappa shape index (κ2) is 10.5. The first-order valence-electron chi connectivity index (χ1n) is 8.58. The minimum absolute atomic E-state index is 0. The maximum absolute atomic E-state index is 12.1. The Labute approximate surface area is 167 Å².